The van der Waals surface area contributed by atoms with Crippen molar-refractivity contribution in [1.29, 1.82) is 0 Å². The van der Waals surface area contributed by atoms with E-state index in [0.717, 1.165) is 32.6 Å². The van der Waals surface area contributed by atoms with Gasteiger partial charge in [0, 0.05) is 38.4 Å². The van der Waals surface area contributed by atoms with Crippen molar-refractivity contribution < 1.29 is 10.2 Å². The van der Waals surface area contributed by atoms with Crippen LogP contribution in [0.5, 0.6) is 0 Å². The number of para-hydroxylation sites is 1. The number of hydrogen-bond donors (Lipinski definition) is 2. The highest BCUT2D eigenvalue weighted by Crippen LogP contribution is 2.16. The summed E-state index contributed by atoms with van der Waals surface area (Å²) in [5, 5.41) is 19.6. The van der Waals surface area contributed by atoms with Gasteiger partial charge in [0.2, 0.25) is 0 Å². The van der Waals surface area contributed by atoms with Gasteiger partial charge in [-0.15, -0.1) is 0 Å². The molecule has 0 spiro atoms. The highest BCUT2D eigenvalue weighted by Gasteiger charge is 2.20. The van der Waals surface area contributed by atoms with Gasteiger partial charge in [0.1, 0.15) is 11.9 Å². The van der Waals surface area contributed by atoms with Crippen molar-refractivity contribution >= 4 is 5.69 Å². The largest absolute Gasteiger partial charge is 0.510 e. The molecule has 20 heavy (non-hydrogen) atoms. The van der Waals surface area contributed by atoms with Crippen LogP contribution in [0, 0.1) is 0 Å². The van der Waals surface area contributed by atoms with E-state index < -0.39 is 6.10 Å². The van der Waals surface area contributed by atoms with Crippen LogP contribution in [0.4, 0.5) is 5.69 Å². The van der Waals surface area contributed by atoms with E-state index in [4.69, 9.17) is 0 Å². The van der Waals surface area contributed by atoms with Crippen LogP contribution in [0.15, 0.2) is 42.2 Å². The first-order valence-corrected chi connectivity index (χ1v) is 7.30. The maximum Gasteiger partial charge on any atom is 0.123 e. The fourth-order valence-corrected chi connectivity index (χ4v) is 2.51. The quantitative estimate of drug-likeness (QED) is 0.808. The topological polar surface area (TPSA) is 46.9 Å². The lowest BCUT2D eigenvalue weighted by Crippen LogP contribution is -2.48. The first-order chi connectivity index (χ1) is 9.70. The van der Waals surface area contributed by atoms with Crippen molar-refractivity contribution in [1.82, 2.24) is 4.90 Å². The lowest BCUT2D eigenvalue weighted by molar-refractivity contribution is 0.0991. The average molecular weight is 276 g/mol. The number of rotatable bonds is 5. The minimum atomic E-state index is -0.766. The molecule has 110 valence electrons. The van der Waals surface area contributed by atoms with Gasteiger partial charge < -0.3 is 15.1 Å². The van der Waals surface area contributed by atoms with Gasteiger partial charge in [-0.2, -0.15) is 0 Å². The van der Waals surface area contributed by atoms with Gasteiger partial charge in [-0.05, 0) is 24.6 Å². The Morgan fingerprint density at radius 3 is 2.45 bits per heavy atom. The number of aliphatic hydroxyl groups is 2. The number of benzene rings is 1. The van der Waals surface area contributed by atoms with E-state index in [0.29, 0.717) is 6.54 Å². The minimum absolute atomic E-state index is 0.0954. The first kappa shape index (κ1) is 14.9. The van der Waals surface area contributed by atoms with E-state index in [1.807, 2.05) is 13.0 Å². The van der Waals surface area contributed by atoms with Gasteiger partial charge in [-0.25, -0.2) is 0 Å². The first-order valence-electron chi connectivity index (χ1n) is 7.30. The Morgan fingerprint density at radius 1 is 1.20 bits per heavy atom. The molecule has 1 heterocycles. The fraction of sp³-hybridized carbons (Fsp3) is 0.500. The molecule has 2 N–H and O–H groups in total. The molecule has 0 aromatic heterocycles. The van der Waals surface area contributed by atoms with E-state index in [1.54, 1.807) is 6.08 Å². The van der Waals surface area contributed by atoms with E-state index in [1.165, 1.54) is 5.69 Å². The lowest BCUT2D eigenvalue weighted by atomic mass is 10.2. The van der Waals surface area contributed by atoms with Crippen molar-refractivity contribution in [3.63, 3.8) is 0 Å². The molecule has 1 atom stereocenters. The predicted molar refractivity (Wildman–Crippen MR) is 82.1 cm³/mol. The van der Waals surface area contributed by atoms with Crippen LogP contribution in [0.1, 0.15) is 13.3 Å². The summed E-state index contributed by atoms with van der Waals surface area (Å²) in [6, 6.07) is 10.4. The maximum atomic E-state index is 9.91. The molecule has 4 nitrogen and oxygen atoms in total. The maximum absolute atomic E-state index is 9.91. The highest BCUT2D eigenvalue weighted by atomic mass is 16.3. The zero-order valence-electron chi connectivity index (χ0n) is 12.1. The molecule has 1 saturated heterocycles. The molecule has 1 aliphatic heterocycles. The second-order valence-corrected chi connectivity index (χ2v) is 5.18. The SMILES string of the molecule is CC/C=C(\O)C(O)CN1CCN(c2ccccc2)CC1. The number of hydrogen-bond acceptors (Lipinski definition) is 4. The van der Waals surface area contributed by atoms with Crippen LogP contribution < -0.4 is 4.90 Å². The third-order valence-corrected chi connectivity index (χ3v) is 3.68. The smallest absolute Gasteiger partial charge is 0.123 e. The third-order valence-electron chi connectivity index (χ3n) is 3.68. The monoisotopic (exact) mass is 276 g/mol. The van der Waals surface area contributed by atoms with Gasteiger partial charge in [0.25, 0.3) is 0 Å². The molecule has 1 aromatic carbocycles. The summed E-state index contributed by atoms with van der Waals surface area (Å²) in [7, 11) is 0. The second-order valence-electron chi connectivity index (χ2n) is 5.18. The van der Waals surface area contributed by atoms with Gasteiger partial charge in [-0.3, -0.25) is 4.90 Å². The molecular weight excluding hydrogens is 252 g/mol. The molecule has 4 heteroatoms. The molecule has 1 aliphatic rings. The van der Waals surface area contributed by atoms with Crippen molar-refractivity contribution in [2.75, 3.05) is 37.6 Å². The van der Waals surface area contributed by atoms with E-state index in [-0.39, 0.29) is 5.76 Å². The minimum Gasteiger partial charge on any atom is -0.510 e. The number of β-amino-alcohol motifs (C(OH)–C–C–N with tert-alkyl or cyclic N) is 1. The fourth-order valence-electron chi connectivity index (χ4n) is 2.51. The zero-order chi connectivity index (χ0) is 14.4. The van der Waals surface area contributed by atoms with Gasteiger partial charge >= 0.3 is 0 Å². The second kappa shape index (κ2) is 7.31. The Labute approximate surface area is 120 Å². The molecule has 0 aliphatic carbocycles. The van der Waals surface area contributed by atoms with Gasteiger partial charge in [0.05, 0.1) is 0 Å². The normalized spacial score (nSPS) is 19.1. The summed E-state index contributed by atoms with van der Waals surface area (Å²) >= 11 is 0. The summed E-state index contributed by atoms with van der Waals surface area (Å²) in [5.41, 5.74) is 1.25. The molecule has 0 bridgehead atoms. The van der Waals surface area contributed by atoms with Crippen LogP contribution in [0.25, 0.3) is 0 Å². The van der Waals surface area contributed by atoms with Crippen molar-refractivity contribution in [3.8, 4) is 0 Å². The Balaban J connectivity index is 1.81. The number of allylic oxidation sites excluding steroid dienone is 1. The van der Waals surface area contributed by atoms with Gasteiger partial charge in [0.15, 0.2) is 0 Å². The Bertz CT molecular complexity index is 425. The molecule has 2 rings (SSSR count). The third kappa shape index (κ3) is 3.99. The predicted octanol–water partition coefficient (Wildman–Crippen LogP) is 2.02. The number of anilines is 1. The lowest BCUT2D eigenvalue weighted by Gasteiger charge is -2.36. The van der Waals surface area contributed by atoms with Crippen molar-refractivity contribution in [2.45, 2.75) is 19.4 Å². The summed E-state index contributed by atoms with van der Waals surface area (Å²) in [6.07, 6.45) is 1.65. The van der Waals surface area contributed by atoms with E-state index in [2.05, 4.69) is 34.1 Å². The Morgan fingerprint density at radius 2 is 1.85 bits per heavy atom. The molecule has 0 radical (unpaired) electrons. The van der Waals surface area contributed by atoms with Crippen LogP contribution in [0.3, 0.4) is 0 Å². The van der Waals surface area contributed by atoms with Crippen molar-refractivity contribution in [2.24, 2.45) is 0 Å². The molecule has 1 aromatic rings. The van der Waals surface area contributed by atoms with Crippen LogP contribution in [-0.4, -0.2) is 53.9 Å². The summed E-state index contributed by atoms with van der Waals surface area (Å²) < 4.78 is 0. The molecule has 1 unspecified atom stereocenters. The van der Waals surface area contributed by atoms with Crippen LogP contribution in [-0.2, 0) is 0 Å². The molecule has 0 saturated carbocycles. The standard InChI is InChI=1S/C16H24N2O2/c1-2-6-15(19)16(20)13-17-9-11-18(12-10-17)14-7-4-3-5-8-14/h3-8,16,19-20H,2,9-13H2,1H3/b15-6-. The Hall–Kier alpha value is -1.52. The van der Waals surface area contributed by atoms with Crippen molar-refractivity contribution in [3.05, 3.63) is 42.2 Å². The summed E-state index contributed by atoms with van der Waals surface area (Å²) in [6.45, 7) is 6.17. The highest BCUT2D eigenvalue weighted by molar-refractivity contribution is 5.46. The average Bonchev–Trinajstić information content (AvgIpc) is 2.49. The summed E-state index contributed by atoms with van der Waals surface area (Å²) in [5.74, 6) is 0.0954. The van der Waals surface area contributed by atoms with Gasteiger partial charge in [-0.1, -0.05) is 25.1 Å². The van der Waals surface area contributed by atoms with Crippen LogP contribution >= 0.6 is 0 Å². The number of piperazine rings is 1. The Kier molecular flexibility index (Phi) is 5.44. The van der Waals surface area contributed by atoms with Crippen LogP contribution in [0.2, 0.25) is 0 Å². The number of nitrogens with zero attached hydrogens (tertiary/aromatic N) is 2. The van der Waals surface area contributed by atoms with E-state index >= 15 is 0 Å². The summed E-state index contributed by atoms with van der Waals surface area (Å²) in [4.78, 5) is 4.55. The molecular formula is C16H24N2O2. The molecule has 0 amide bonds. The zero-order valence-corrected chi connectivity index (χ0v) is 12.1. The molecule has 1 fully saturated rings. The van der Waals surface area contributed by atoms with E-state index in [9.17, 15) is 10.2 Å². The number of aliphatic hydroxyl groups excluding tert-OH is 2.